The van der Waals surface area contributed by atoms with Gasteiger partial charge in [-0.1, -0.05) is 12.1 Å². The number of alkyl halides is 3. The zero-order valence-electron chi connectivity index (χ0n) is 16.0. The van der Waals surface area contributed by atoms with Crippen LogP contribution in [0, 0.1) is 5.82 Å². The average molecular weight is 402 g/mol. The van der Waals surface area contributed by atoms with Crippen molar-refractivity contribution in [1.82, 2.24) is 0 Å². The molecule has 1 heterocycles. The maximum atomic E-state index is 13.7. The van der Waals surface area contributed by atoms with Gasteiger partial charge in [0.25, 0.3) is 0 Å². The second kappa shape index (κ2) is 6.69. The van der Waals surface area contributed by atoms with Gasteiger partial charge in [-0.25, -0.2) is 4.39 Å². The second-order valence-electron chi connectivity index (χ2n) is 6.86. The molecule has 3 nitrogen and oxygen atoms in total. The topological polar surface area (TPSA) is 15.7 Å². The van der Waals surface area contributed by atoms with Crippen molar-refractivity contribution in [2.24, 2.45) is 0 Å². The molecule has 3 aromatic carbocycles. The third kappa shape index (κ3) is 3.16. The van der Waals surface area contributed by atoms with E-state index in [-0.39, 0.29) is 17.1 Å². The maximum absolute atomic E-state index is 13.7. The normalized spacial score (nSPS) is 13.2. The largest absolute Gasteiger partial charge is 0.497 e. The maximum Gasteiger partial charge on any atom is 0.417 e. The van der Waals surface area contributed by atoms with Crippen LogP contribution in [0.15, 0.2) is 54.6 Å². The minimum atomic E-state index is -4.52. The molecule has 0 bridgehead atoms. The molecule has 0 fully saturated rings. The van der Waals surface area contributed by atoms with Crippen LogP contribution in [-0.4, -0.2) is 21.2 Å². The van der Waals surface area contributed by atoms with E-state index in [4.69, 9.17) is 4.74 Å². The van der Waals surface area contributed by atoms with E-state index in [9.17, 15) is 17.6 Å². The predicted octanol–water partition coefficient (Wildman–Crippen LogP) is 6.37. The van der Waals surface area contributed by atoms with Crippen molar-refractivity contribution in [3.8, 4) is 16.9 Å². The molecule has 1 aliphatic rings. The molecule has 1 aliphatic heterocycles. The van der Waals surface area contributed by atoms with E-state index in [1.807, 2.05) is 16.8 Å². The molecule has 0 radical (unpaired) electrons. The van der Waals surface area contributed by atoms with E-state index in [0.29, 0.717) is 11.3 Å². The van der Waals surface area contributed by atoms with Crippen LogP contribution in [0.1, 0.15) is 5.56 Å². The zero-order valence-corrected chi connectivity index (χ0v) is 16.0. The molecule has 4 rings (SSSR count). The average Bonchev–Trinajstić information content (AvgIpc) is 2.70. The number of hydrogen-bond acceptors (Lipinski definition) is 3. The summed E-state index contributed by atoms with van der Waals surface area (Å²) in [5.41, 5.74) is 2.71. The highest BCUT2D eigenvalue weighted by Crippen LogP contribution is 2.48. The van der Waals surface area contributed by atoms with Crippen LogP contribution in [0.2, 0.25) is 0 Å². The lowest BCUT2D eigenvalue weighted by atomic mass is 9.96. The third-order valence-corrected chi connectivity index (χ3v) is 5.20. The fraction of sp³-hybridized carbons (Fsp3) is 0.182. The molecule has 0 N–H and O–H groups in total. The molecule has 0 atom stereocenters. The summed E-state index contributed by atoms with van der Waals surface area (Å²) in [6.07, 6.45) is -4.52. The lowest BCUT2D eigenvalue weighted by molar-refractivity contribution is -0.137. The number of rotatable bonds is 2. The Labute approximate surface area is 165 Å². The molecule has 7 heteroatoms. The Hall–Kier alpha value is -3.22. The summed E-state index contributed by atoms with van der Waals surface area (Å²) in [6.45, 7) is 0. The summed E-state index contributed by atoms with van der Waals surface area (Å²) in [4.78, 5) is 3.68. The number of methoxy groups -OCH3 is 1. The number of benzene rings is 3. The lowest BCUT2D eigenvalue weighted by Crippen LogP contribution is -2.24. The Bertz CT molecular complexity index is 1090. The van der Waals surface area contributed by atoms with Crippen LogP contribution in [0.4, 0.5) is 40.3 Å². The second-order valence-corrected chi connectivity index (χ2v) is 6.86. The van der Waals surface area contributed by atoms with Gasteiger partial charge in [-0.2, -0.15) is 13.2 Å². The first-order valence-electron chi connectivity index (χ1n) is 8.87. The van der Waals surface area contributed by atoms with Gasteiger partial charge in [0.05, 0.1) is 35.4 Å². The summed E-state index contributed by atoms with van der Waals surface area (Å²) < 4.78 is 59.6. The van der Waals surface area contributed by atoms with Crippen molar-refractivity contribution < 1.29 is 22.3 Å². The highest BCUT2D eigenvalue weighted by Gasteiger charge is 2.35. The summed E-state index contributed by atoms with van der Waals surface area (Å²) in [5.74, 6) is -0.205. The number of halogens is 4. The van der Waals surface area contributed by atoms with Gasteiger partial charge in [0.15, 0.2) is 0 Å². The fourth-order valence-electron chi connectivity index (χ4n) is 3.69. The van der Waals surface area contributed by atoms with Gasteiger partial charge >= 0.3 is 6.18 Å². The molecule has 150 valence electrons. The standard InChI is InChI=1S/C22H18F4N2O/c1-27-19-9-5-14(23)11-21(19)28(2)18-8-4-13(10-20(18)27)16-7-6-15(29-3)12-17(16)22(24,25)26/h4-12H,1-3H3. The summed E-state index contributed by atoms with van der Waals surface area (Å²) in [6, 6.07) is 13.5. The minimum absolute atomic E-state index is 0.0713. The molecular weight excluding hydrogens is 384 g/mol. The van der Waals surface area contributed by atoms with Crippen LogP contribution in [0.25, 0.3) is 11.1 Å². The van der Waals surface area contributed by atoms with Crippen molar-refractivity contribution in [2.45, 2.75) is 6.18 Å². The van der Waals surface area contributed by atoms with Crippen LogP contribution in [-0.2, 0) is 6.18 Å². The van der Waals surface area contributed by atoms with E-state index in [1.165, 1.54) is 31.4 Å². The van der Waals surface area contributed by atoms with E-state index in [1.54, 1.807) is 31.3 Å². The highest BCUT2D eigenvalue weighted by molar-refractivity contribution is 5.94. The molecule has 29 heavy (non-hydrogen) atoms. The monoisotopic (exact) mass is 402 g/mol. The van der Waals surface area contributed by atoms with Crippen molar-refractivity contribution in [2.75, 3.05) is 31.0 Å². The SMILES string of the molecule is COc1ccc(-c2ccc3c(c2)N(C)c2ccc(F)cc2N3C)c(C(F)(F)F)c1. The molecule has 0 aliphatic carbocycles. The number of hydrogen-bond donors (Lipinski definition) is 0. The molecule has 0 amide bonds. The van der Waals surface area contributed by atoms with Gasteiger partial charge in [-0.15, -0.1) is 0 Å². The molecule has 0 saturated carbocycles. The Balaban J connectivity index is 1.87. The first-order chi connectivity index (χ1) is 13.7. The molecule has 0 saturated heterocycles. The summed E-state index contributed by atoms with van der Waals surface area (Å²) in [7, 11) is 4.95. The van der Waals surface area contributed by atoms with Gasteiger partial charge in [0.2, 0.25) is 0 Å². The lowest BCUT2D eigenvalue weighted by Gasteiger charge is -2.36. The Kier molecular flexibility index (Phi) is 4.41. The number of ether oxygens (including phenoxy) is 1. The van der Waals surface area contributed by atoms with Gasteiger partial charge in [0, 0.05) is 14.1 Å². The minimum Gasteiger partial charge on any atom is -0.497 e. The fourth-order valence-corrected chi connectivity index (χ4v) is 3.69. The number of anilines is 4. The van der Waals surface area contributed by atoms with Gasteiger partial charge in [0.1, 0.15) is 11.6 Å². The predicted molar refractivity (Wildman–Crippen MR) is 106 cm³/mol. The number of nitrogens with zero attached hydrogens (tertiary/aromatic N) is 2. The van der Waals surface area contributed by atoms with Crippen molar-refractivity contribution in [1.29, 1.82) is 0 Å². The number of fused-ring (bicyclic) bond motifs is 2. The molecule has 3 aromatic rings. The van der Waals surface area contributed by atoms with E-state index < -0.39 is 11.7 Å². The zero-order chi connectivity index (χ0) is 20.9. The van der Waals surface area contributed by atoms with Gasteiger partial charge < -0.3 is 14.5 Å². The summed E-state index contributed by atoms with van der Waals surface area (Å²) in [5, 5.41) is 0. The van der Waals surface area contributed by atoms with Crippen LogP contribution >= 0.6 is 0 Å². The Morgan fingerprint density at radius 1 is 0.759 bits per heavy atom. The van der Waals surface area contributed by atoms with Gasteiger partial charge in [-0.05, 0) is 53.6 Å². The Morgan fingerprint density at radius 2 is 1.38 bits per heavy atom. The van der Waals surface area contributed by atoms with E-state index in [2.05, 4.69) is 0 Å². The van der Waals surface area contributed by atoms with Crippen LogP contribution in [0.3, 0.4) is 0 Å². The smallest absolute Gasteiger partial charge is 0.417 e. The van der Waals surface area contributed by atoms with Crippen LogP contribution < -0.4 is 14.5 Å². The molecule has 0 aromatic heterocycles. The van der Waals surface area contributed by atoms with Crippen molar-refractivity contribution in [3.05, 3.63) is 66.0 Å². The van der Waals surface area contributed by atoms with Crippen LogP contribution in [0.5, 0.6) is 5.75 Å². The summed E-state index contributed by atoms with van der Waals surface area (Å²) >= 11 is 0. The first kappa shape index (κ1) is 19.1. The van der Waals surface area contributed by atoms with E-state index in [0.717, 1.165) is 23.1 Å². The quantitative estimate of drug-likeness (QED) is 0.463. The van der Waals surface area contributed by atoms with Crippen molar-refractivity contribution in [3.63, 3.8) is 0 Å². The van der Waals surface area contributed by atoms with Gasteiger partial charge in [-0.3, -0.25) is 0 Å². The molecule has 0 spiro atoms. The molecule has 0 unspecified atom stereocenters. The molecular formula is C22H18F4N2O. The first-order valence-corrected chi connectivity index (χ1v) is 8.87. The third-order valence-electron chi connectivity index (χ3n) is 5.20. The van der Waals surface area contributed by atoms with E-state index >= 15 is 0 Å². The Morgan fingerprint density at radius 3 is 2.00 bits per heavy atom. The highest BCUT2D eigenvalue weighted by atomic mass is 19.4. The van der Waals surface area contributed by atoms with Crippen molar-refractivity contribution >= 4 is 22.7 Å².